The van der Waals surface area contributed by atoms with Crippen LogP contribution in [0.25, 0.3) is 0 Å². The summed E-state index contributed by atoms with van der Waals surface area (Å²) in [5.41, 5.74) is 0. The number of fused-ring (bicyclic) bond motifs is 1. The predicted molar refractivity (Wildman–Crippen MR) is 58.4 cm³/mol. The van der Waals surface area contributed by atoms with E-state index in [1.54, 1.807) is 13.8 Å². The number of nitrogens with zero attached hydrogens (tertiary/aromatic N) is 4. The lowest BCUT2D eigenvalue weighted by Gasteiger charge is -2.27. The molecule has 2 atom stereocenters. The molecule has 2 aliphatic heterocycles. The Morgan fingerprint density at radius 3 is 1.88 bits per heavy atom. The molecule has 0 radical (unpaired) electrons. The number of hydrogen-bond acceptors (Lipinski definition) is 2. The maximum absolute atomic E-state index is 11.8. The molecule has 0 aromatic rings. The molecule has 2 fully saturated rings. The molecule has 0 aliphatic carbocycles. The molecule has 0 N–H and O–H groups in total. The van der Waals surface area contributed by atoms with Gasteiger partial charge in [-0.2, -0.15) is 0 Å². The summed E-state index contributed by atoms with van der Waals surface area (Å²) >= 11 is 17.4. The highest BCUT2D eigenvalue weighted by molar-refractivity contribution is 6.31. The smallest absolute Gasteiger partial charge is 0.295 e. The summed E-state index contributed by atoms with van der Waals surface area (Å²) in [5.74, 6) is 0. The van der Waals surface area contributed by atoms with E-state index in [-0.39, 0.29) is 6.04 Å². The number of rotatable bonds is 1. The first-order valence-electron chi connectivity index (χ1n) is 4.59. The minimum absolute atomic E-state index is 0.138. The molecule has 0 aromatic carbocycles. The average Bonchev–Trinajstić information content (AvgIpc) is 2.59. The second kappa shape index (κ2) is 3.72. The summed E-state index contributed by atoms with van der Waals surface area (Å²) < 4.78 is 2.60. The van der Waals surface area contributed by atoms with Crippen molar-refractivity contribution in [1.82, 2.24) is 18.2 Å². The molecule has 2 rings (SSSR count). The lowest BCUT2D eigenvalue weighted by molar-refractivity contribution is 0.149. The van der Waals surface area contributed by atoms with Crippen molar-refractivity contribution in [1.29, 1.82) is 0 Å². The van der Waals surface area contributed by atoms with Gasteiger partial charge in [-0.15, -0.1) is 0 Å². The summed E-state index contributed by atoms with van der Waals surface area (Å²) in [4.78, 5) is 24.7. The lowest BCUT2D eigenvalue weighted by atomic mass is 10.3. The third-order valence-electron chi connectivity index (χ3n) is 2.57. The fraction of sp³-hybridized carbons (Fsp3) is 0.714. The first-order chi connectivity index (χ1) is 7.37. The van der Waals surface area contributed by atoms with Crippen LogP contribution in [0.1, 0.15) is 13.8 Å². The highest BCUT2D eigenvalue weighted by Gasteiger charge is 2.60. The van der Waals surface area contributed by atoms with Crippen LogP contribution in [-0.4, -0.2) is 48.6 Å². The first-order valence-corrected chi connectivity index (χ1v) is 5.60. The Morgan fingerprint density at radius 1 is 0.938 bits per heavy atom. The first kappa shape index (κ1) is 11.9. The van der Waals surface area contributed by atoms with Crippen molar-refractivity contribution in [2.75, 3.05) is 0 Å². The number of urea groups is 2. The zero-order valence-corrected chi connectivity index (χ0v) is 10.7. The van der Waals surface area contributed by atoms with Crippen LogP contribution in [-0.2, 0) is 0 Å². The fourth-order valence-electron chi connectivity index (χ4n) is 1.87. The van der Waals surface area contributed by atoms with Crippen LogP contribution in [0.15, 0.2) is 0 Å². The van der Waals surface area contributed by atoms with Gasteiger partial charge in [-0.1, -0.05) is 0 Å². The van der Waals surface area contributed by atoms with Crippen LogP contribution in [0.4, 0.5) is 9.59 Å². The summed E-state index contributed by atoms with van der Waals surface area (Å²) in [7, 11) is 0. The zero-order chi connectivity index (χ0) is 12.2. The molecule has 0 saturated carbocycles. The molecular formula is C7H9Cl3N4O2. The van der Waals surface area contributed by atoms with E-state index in [4.69, 9.17) is 35.3 Å². The van der Waals surface area contributed by atoms with Crippen molar-refractivity contribution in [3.8, 4) is 0 Å². The lowest BCUT2D eigenvalue weighted by Crippen LogP contribution is -2.45. The van der Waals surface area contributed by atoms with E-state index in [9.17, 15) is 9.59 Å². The fourth-order valence-corrected chi connectivity index (χ4v) is 2.78. The van der Waals surface area contributed by atoms with E-state index in [1.165, 1.54) is 4.90 Å². The monoisotopic (exact) mass is 286 g/mol. The molecule has 2 heterocycles. The van der Waals surface area contributed by atoms with Gasteiger partial charge in [-0.05, 0) is 13.8 Å². The summed E-state index contributed by atoms with van der Waals surface area (Å²) in [6.45, 7) is 3.61. The second-order valence-corrected chi connectivity index (χ2v) is 4.92. The second-order valence-electron chi connectivity index (χ2n) is 3.83. The van der Waals surface area contributed by atoms with Crippen LogP contribution in [0.3, 0.4) is 0 Å². The maximum Gasteiger partial charge on any atom is 0.353 e. The van der Waals surface area contributed by atoms with E-state index in [0.717, 1.165) is 13.3 Å². The molecular weight excluding hydrogens is 278 g/mol. The molecule has 16 heavy (non-hydrogen) atoms. The molecule has 9 heteroatoms. The molecule has 90 valence electrons. The molecule has 0 aromatic heterocycles. The van der Waals surface area contributed by atoms with E-state index in [1.807, 2.05) is 0 Å². The maximum atomic E-state index is 11.8. The van der Waals surface area contributed by atoms with Gasteiger partial charge in [0.25, 0.3) is 0 Å². The standard InChI is InChI=1S/C7H9Cl3N4O2/c1-3(2)11-4-5(13(9)6(11)15)14(10)7(16)12(4)8/h3-5H,1-2H3/t4-,5+/m0/s1. The van der Waals surface area contributed by atoms with Gasteiger partial charge in [0.15, 0.2) is 12.3 Å². The number of amides is 4. The van der Waals surface area contributed by atoms with Crippen LogP contribution in [0.2, 0.25) is 0 Å². The van der Waals surface area contributed by atoms with Crippen LogP contribution in [0, 0.1) is 0 Å². The summed E-state index contributed by atoms with van der Waals surface area (Å²) in [6.07, 6.45) is -1.44. The molecule has 2 saturated heterocycles. The van der Waals surface area contributed by atoms with E-state index in [2.05, 4.69) is 0 Å². The third kappa shape index (κ3) is 1.33. The van der Waals surface area contributed by atoms with Crippen LogP contribution >= 0.6 is 35.3 Å². The van der Waals surface area contributed by atoms with E-state index < -0.39 is 24.4 Å². The van der Waals surface area contributed by atoms with Crippen molar-refractivity contribution < 1.29 is 9.59 Å². The third-order valence-corrected chi connectivity index (χ3v) is 3.61. The molecule has 2 aliphatic rings. The van der Waals surface area contributed by atoms with Gasteiger partial charge >= 0.3 is 12.1 Å². The number of halogens is 3. The Bertz CT molecular complexity index is 353. The van der Waals surface area contributed by atoms with Crippen LogP contribution in [0.5, 0.6) is 0 Å². The minimum atomic E-state index is -0.775. The Morgan fingerprint density at radius 2 is 1.38 bits per heavy atom. The van der Waals surface area contributed by atoms with Gasteiger partial charge in [0.2, 0.25) is 0 Å². The molecule has 6 nitrogen and oxygen atoms in total. The quantitative estimate of drug-likeness (QED) is 0.692. The van der Waals surface area contributed by atoms with Gasteiger partial charge in [-0.3, -0.25) is 4.90 Å². The minimum Gasteiger partial charge on any atom is -0.295 e. The van der Waals surface area contributed by atoms with Gasteiger partial charge < -0.3 is 0 Å². The van der Waals surface area contributed by atoms with Crippen LogP contribution < -0.4 is 0 Å². The summed E-state index contributed by atoms with van der Waals surface area (Å²) in [5, 5.41) is 0. The molecule has 4 amide bonds. The highest BCUT2D eigenvalue weighted by atomic mass is 35.5. The molecule has 0 bridgehead atoms. The Balaban J connectivity index is 2.40. The van der Waals surface area contributed by atoms with Gasteiger partial charge in [0.05, 0.1) is 0 Å². The SMILES string of the molecule is CC(C)N1C(=O)N(Cl)[C@H]2[C@@H]1N(Cl)C(=O)N2Cl. The predicted octanol–water partition coefficient (Wildman–Crippen LogP) is 1.98. The van der Waals surface area contributed by atoms with Gasteiger partial charge in [0.1, 0.15) is 0 Å². The van der Waals surface area contributed by atoms with Crippen molar-refractivity contribution in [2.45, 2.75) is 32.2 Å². The van der Waals surface area contributed by atoms with Crippen molar-refractivity contribution >= 4 is 47.4 Å². The van der Waals surface area contributed by atoms with Crippen molar-refractivity contribution in [2.24, 2.45) is 0 Å². The number of hydrogen-bond donors (Lipinski definition) is 0. The van der Waals surface area contributed by atoms with Gasteiger partial charge in [-0.25, -0.2) is 22.8 Å². The number of carbonyl (C=O) groups is 2. The van der Waals surface area contributed by atoms with Crippen molar-refractivity contribution in [3.63, 3.8) is 0 Å². The Labute approximate surface area is 108 Å². The highest BCUT2D eigenvalue weighted by Crippen LogP contribution is 2.39. The zero-order valence-electron chi connectivity index (χ0n) is 8.47. The topological polar surface area (TPSA) is 47.1 Å². The Hall–Kier alpha value is -0.590. The van der Waals surface area contributed by atoms with E-state index >= 15 is 0 Å². The molecule has 0 spiro atoms. The van der Waals surface area contributed by atoms with Gasteiger partial charge in [0, 0.05) is 41.4 Å². The normalized spacial score (nSPS) is 29.9. The number of carbonyl (C=O) groups excluding carboxylic acids is 2. The largest absolute Gasteiger partial charge is 0.353 e. The average molecular weight is 288 g/mol. The molecule has 0 unspecified atom stereocenters. The summed E-state index contributed by atoms with van der Waals surface area (Å²) in [6, 6.07) is -1.15. The van der Waals surface area contributed by atoms with E-state index in [0.29, 0.717) is 0 Å². The van der Waals surface area contributed by atoms with Crippen molar-refractivity contribution in [3.05, 3.63) is 0 Å². The Kier molecular flexibility index (Phi) is 2.76.